The number of rotatable bonds is 4. The molecule has 2 aliphatic heterocycles. The van der Waals surface area contributed by atoms with Crippen molar-refractivity contribution >= 4 is 46.7 Å². The number of carbonyl (C=O) groups excluding carboxylic acids is 2. The third kappa shape index (κ3) is 3.15. The molecule has 4 rings (SSSR count). The normalized spacial score (nSPS) is 28.2. The second-order valence-electron chi connectivity index (χ2n) is 8.10. The summed E-state index contributed by atoms with van der Waals surface area (Å²) in [5.41, 5.74) is 1.52. The maximum Gasteiger partial charge on any atom is 0.327 e. The Morgan fingerprint density at radius 2 is 2.03 bits per heavy atom. The largest absolute Gasteiger partial charge is 0.480 e. The number of thioether (sulfide) groups is 1. The summed E-state index contributed by atoms with van der Waals surface area (Å²) in [6, 6.07) is -1.70. The quantitative estimate of drug-likeness (QED) is 0.693. The number of aliphatic carboxylic acids is 1. The molecule has 156 valence electrons. The van der Waals surface area contributed by atoms with Crippen molar-refractivity contribution in [1.29, 1.82) is 0 Å². The fourth-order valence-electron chi connectivity index (χ4n) is 4.32. The zero-order valence-corrected chi connectivity index (χ0v) is 17.9. The molecule has 0 saturated carbocycles. The number of carbonyl (C=O) groups is 3. The van der Waals surface area contributed by atoms with E-state index in [1.807, 2.05) is 0 Å². The van der Waals surface area contributed by atoms with E-state index in [0.29, 0.717) is 22.9 Å². The maximum atomic E-state index is 13.0. The molecule has 0 radical (unpaired) electrons. The average Bonchev–Trinajstić information content (AvgIpc) is 3.15. The molecule has 3 atom stereocenters. The smallest absolute Gasteiger partial charge is 0.327 e. The molecule has 29 heavy (non-hydrogen) atoms. The molecule has 0 aromatic carbocycles. The average molecular weight is 440 g/mol. The highest BCUT2D eigenvalue weighted by Crippen LogP contribution is 2.50. The van der Waals surface area contributed by atoms with E-state index in [0.717, 1.165) is 24.8 Å². The first-order chi connectivity index (χ1) is 13.6. The first kappa shape index (κ1) is 20.3. The maximum absolute atomic E-state index is 13.0. The molecular weight excluding hydrogens is 418 g/mol. The molecule has 1 aromatic rings. The van der Waals surface area contributed by atoms with Gasteiger partial charge < -0.3 is 19.8 Å². The lowest BCUT2D eigenvalue weighted by Crippen LogP contribution is -2.70. The standard InChI is InChI=1S/C19H22ClN3O5S/c1-8-11(12(22-28-8)9-6-4-5-7-10(9)20)15(24)21-13-16(25)23-14(18(26)27)19(2,3)29-17(13)23/h13-14,17H,4-7H2,1-3H3,(H,21,24)(H,26,27)/t13-,14+,17-/m1/s1. The minimum absolute atomic E-state index is 0.281. The van der Waals surface area contributed by atoms with E-state index >= 15 is 0 Å². The third-order valence-corrected chi connectivity index (χ3v) is 7.73. The van der Waals surface area contributed by atoms with Crippen molar-refractivity contribution in [1.82, 2.24) is 15.4 Å². The zero-order valence-electron chi connectivity index (χ0n) is 16.3. The SMILES string of the molecule is Cc1onc(C2=C(Cl)CCCC2)c1C(=O)N[C@@H]1C(=O)N2[C@@H]1SC(C)(C)[C@@H]2C(=O)O. The van der Waals surface area contributed by atoms with Gasteiger partial charge >= 0.3 is 5.97 Å². The van der Waals surface area contributed by atoms with E-state index in [9.17, 15) is 19.5 Å². The highest BCUT2D eigenvalue weighted by atomic mass is 35.5. The Labute approximate surface area is 177 Å². The fourth-order valence-corrected chi connectivity index (χ4v) is 6.26. The minimum atomic E-state index is -1.04. The predicted molar refractivity (Wildman–Crippen MR) is 107 cm³/mol. The third-order valence-electron chi connectivity index (χ3n) is 5.74. The van der Waals surface area contributed by atoms with Gasteiger partial charge in [-0.15, -0.1) is 11.8 Å². The van der Waals surface area contributed by atoms with Gasteiger partial charge in [-0.1, -0.05) is 16.8 Å². The van der Waals surface area contributed by atoms with Crippen molar-refractivity contribution in [2.24, 2.45) is 0 Å². The molecule has 0 unspecified atom stereocenters. The molecule has 0 bridgehead atoms. The summed E-state index contributed by atoms with van der Waals surface area (Å²) in [4.78, 5) is 38.7. The Balaban J connectivity index is 1.57. The van der Waals surface area contributed by atoms with Crippen molar-refractivity contribution in [2.45, 2.75) is 68.7 Å². The number of hydrogen-bond donors (Lipinski definition) is 2. The van der Waals surface area contributed by atoms with Crippen LogP contribution in [0.3, 0.4) is 0 Å². The van der Waals surface area contributed by atoms with Gasteiger partial charge in [0.1, 0.15) is 34.5 Å². The summed E-state index contributed by atoms with van der Waals surface area (Å²) in [6.07, 6.45) is 3.41. The lowest BCUT2D eigenvalue weighted by Gasteiger charge is -2.43. The van der Waals surface area contributed by atoms with E-state index in [1.165, 1.54) is 16.7 Å². The van der Waals surface area contributed by atoms with Gasteiger partial charge in [0.2, 0.25) is 5.91 Å². The number of hydrogen-bond acceptors (Lipinski definition) is 6. The van der Waals surface area contributed by atoms with Gasteiger partial charge in [0, 0.05) is 9.78 Å². The highest BCUT2D eigenvalue weighted by molar-refractivity contribution is 8.01. The first-order valence-corrected chi connectivity index (χ1v) is 10.8. The van der Waals surface area contributed by atoms with Crippen LogP contribution in [0, 0.1) is 6.92 Å². The number of nitrogens with one attached hydrogen (secondary N) is 1. The summed E-state index contributed by atoms with van der Waals surface area (Å²) in [7, 11) is 0. The molecule has 3 aliphatic rings. The number of aryl methyl sites for hydroxylation is 1. The number of halogens is 1. The molecule has 10 heteroatoms. The van der Waals surface area contributed by atoms with Gasteiger partial charge in [0.05, 0.1) is 0 Å². The molecule has 1 aliphatic carbocycles. The van der Waals surface area contributed by atoms with E-state index in [-0.39, 0.29) is 11.5 Å². The van der Waals surface area contributed by atoms with E-state index < -0.39 is 34.1 Å². The summed E-state index contributed by atoms with van der Waals surface area (Å²) < 4.78 is 4.62. The van der Waals surface area contributed by atoms with Crippen molar-refractivity contribution in [2.75, 3.05) is 0 Å². The molecule has 2 N–H and O–H groups in total. The molecular formula is C19H22ClN3O5S. The highest BCUT2D eigenvalue weighted by Gasteiger charge is 2.64. The zero-order chi connectivity index (χ0) is 21.1. The van der Waals surface area contributed by atoms with Crippen LogP contribution in [0.5, 0.6) is 0 Å². The van der Waals surface area contributed by atoms with Gasteiger partial charge in [0.15, 0.2) is 0 Å². The van der Waals surface area contributed by atoms with Crippen LogP contribution in [0.4, 0.5) is 0 Å². The van der Waals surface area contributed by atoms with E-state index in [2.05, 4.69) is 10.5 Å². The predicted octanol–water partition coefficient (Wildman–Crippen LogP) is 2.75. The monoisotopic (exact) mass is 439 g/mol. The molecule has 3 heterocycles. The lowest BCUT2D eigenvalue weighted by atomic mass is 9.93. The Morgan fingerprint density at radius 3 is 2.69 bits per heavy atom. The van der Waals surface area contributed by atoms with Crippen molar-refractivity contribution in [3.63, 3.8) is 0 Å². The van der Waals surface area contributed by atoms with E-state index in [4.69, 9.17) is 16.1 Å². The van der Waals surface area contributed by atoms with Gasteiger partial charge in [-0.05, 0) is 52.0 Å². The van der Waals surface area contributed by atoms with Crippen LogP contribution in [-0.4, -0.2) is 55.2 Å². The number of carboxylic acid groups (broad SMARTS) is 1. The second-order valence-corrected chi connectivity index (χ2v) is 10.3. The van der Waals surface area contributed by atoms with Crippen LogP contribution < -0.4 is 5.32 Å². The Bertz CT molecular complexity index is 940. The number of aromatic nitrogens is 1. The summed E-state index contributed by atoms with van der Waals surface area (Å²) in [6.45, 7) is 5.23. The Hall–Kier alpha value is -2.00. The van der Waals surface area contributed by atoms with Gasteiger partial charge in [-0.2, -0.15) is 0 Å². The van der Waals surface area contributed by atoms with Gasteiger partial charge in [0.25, 0.3) is 5.91 Å². The van der Waals surface area contributed by atoms with Crippen LogP contribution in [0.25, 0.3) is 5.57 Å². The molecule has 0 spiro atoms. The van der Waals surface area contributed by atoms with Crippen LogP contribution in [-0.2, 0) is 9.59 Å². The second kappa shape index (κ2) is 7.05. The molecule has 8 nitrogen and oxygen atoms in total. The fraction of sp³-hybridized carbons (Fsp3) is 0.579. The number of amides is 2. The van der Waals surface area contributed by atoms with Crippen LogP contribution in [0.2, 0.25) is 0 Å². The number of nitrogens with zero attached hydrogens (tertiary/aromatic N) is 2. The number of β-lactam (4-membered cyclic amide) rings is 1. The van der Waals surface area contributed by atoms with Crippen molar-refractivity contribution in [3.8, 4) is 0 Å². The Morgan fingerprint density at radius 1 is 1.34 bits per heavy atom. The van der Waals surface area contributed by atoms with E-state index in [1.54, 1.807) is 20.8 Å². The van der Waals surface area contributed by atoms with Crippen LogP contribution in [0.15, 0.2) is 9.56 Å². The van der Waals surface area contributed by atoms with Crippen LogP contribution in [0.1, 0.15) is 61.3 Å². The summed E-state index contributed by atoms with van der Waals surface area (Å²) in [5, 5.41) is 16.6. The number of allylic oxidation sites excluding steroid dienone is 2. The van der Waals surface area contributed by atoms with Gasteiger partial charge in [-0.3, -0.25) is 9.59 Å². The minimum Gasteiger partial charge on any atom is -0.480 e. The Kier molecular flexibility index (Phi) is 4.93. The molecule has 2 fully saturated rings. The van der Waals surface area contributed by atoms with Gasteiger partial charge in [-0.25, -0.2) is 4.79 Å². The molecule has 2 amide bonds. The first-order valence-electron chi connectivity index (χ1n) is 9.51. The molecule has 1 aromatic heterocycles. The lowest BCUT2D eigenvalue weighted by molar-refractivity contribution is -0.159. The molecule has 2 saturated heterocycles. The number of carboxylic acids is 1. The topological polar surface area (TPSA) is 113 Å². The summed E-state index contributed by atoms with van der Waals surface area (Å²) in [5.74, 6) is -1.54. The van der Waals surface area contributed by atoms with Crippen LogP contribution >= 0.6 is 23.4 Å². The van der Waals surface area contributed by atoms with Crippen molar-refractivity contribution < 1.29 is 24.0 Å². The van der Waals surface area contributed by atoms with Crippen molar-refractivity contribution in [3.05, 3.63) is 22.0 Å². The number of fused-ring (bicyclic) bond motifs is 1. The summed E-state index contributed by atoms with van der Waals surface area (Å²) >= 11 is 7.75.